The van der Waals surface area contributed by atoms with E-state index in [0.717, 1.165) is 17.4 Å². The summed E-state index contributed by atoms with van der Waals surface area (Å²) < 4.78 is 7.54. The molecule has 0 N–H and O–H groups in total. The van der Waals surface area contributed by atoms with Crippen LogP contribution in [0.5, 0.6) is 0 Å². The van der Waals surface area contributed by atoms with Gasteiger partial charge in [0.05, 0.1) is 23.7 Å². The van der Waals surface area contributed by atoms with Crippen molar-refractivity contribution in [3.63, 3.8) is 0 Å². The number of hydrogen-bond acceptors (Lipinski definition) is 2. The van der Waals surface area contributed by atoms with E-state index in [2.05, 4.69) is 38.6 Å². The molecule has 3 nitrogen and oxygen atoms in total. The number of ether oxygens (including phenoxy) is 1. The van der Waals surface area contributed by atoms with Crippen LogP contribution in [-0.4, -0.2) is 22.3 Å². The second-order valence-electron chi connectivity index (χ2n) is 3.68. The summed E-state index contributed by atoms with van der Waals surface area (Å²) in [5.74, 6) is 0. The zero-order chi connectivity index (χ0) is 9.47. The average Bonchev–Trinajstić information content (AvgIpc) is 2.65. The Morgan fingerprint density at radius 3 is 3.08 bits per heavy atom. The van der Waals surface area contributed by atoms with Gasteiger partial charge in [-0.3, -0.25) is 0 Å². The minimum Gasteiger partial charge on any atom is -0.376 e. The molecular formula is C9H13BrN2O. The van der Waals surface area contributed by atoms with E-state index in [0.29, 0.717) is 6.04 Å². The highest BCUT2D eigenvalue weighted by Gasteiger charge is 2.52. The molecule has 1 aliphatic rings. The topological polar surface area (TPSA) is 27.1 Å². The Morgan fingerprint density at radius 2 is 2.62 bits per heavy atom. The SMILES string of the molecule is CO[C@@]1(C)C[C@H]1n1cnc(CBr)c1. The molecule has 0 saturated heterocycles. The maximum absolute atomic E-state index is 5.40. The first-order valence-corrected chi connectivity index (χ1v) is 5.45. The molecule has 2 atom stereocenters. The van der Waals surface area contributed by atoms with Gasteiger partial charge in [0.25, 0.3) is 0 Å². The van der Waals surface area contributed by atoms with E-state index in [-0.39, 0.29) is 5.60 Å². The van der Waals surface area contributed by atoms with Crippen LogP contribution in [0, 0.1) is 0 Å². The summed E-state index contributed by atoms with van der Waals surface area (Å²) in [4.78, 5) is 4.26. The fourth-order valence-corrected chi connectivity index (χ4v) is 1.87. The summed E-state index contributed by atoms with van der Waals surface area (Å²) in [6.45, 7) is 2.13. The molecule has 1 fully saturated rings. The molecule has 0 amide bonds. The minimum atomic E-state index is 0.0320. The number of nitrogens with zero attached hydrogens (tertiary/aromatic N) is 2. The van der Waals surface area contributed by atoms with Crippen molar-refractivity contribution in [1.82, 2.24) is 9.55 Å². The Morgan fingerprint density at radius 1 is 1.85 bits per heavy atom. The second-order valence-corrected chi connectivity index (χ2v) is 4.24. The third-order valence-electron chi connectivity index (χ3n) is 2.76. The van der Waals surface area contributed by atoms with E-state index in [9.17, 15) is 0 Å². The van der Waals surface area contributed by atoms with Crippen molar-refractivity contribution in [2.75, 3.05) is 7.11 Å². The number of halogens is 1. The summed E-state index contributed by atoms with van der Waals surface area (Å²) in [6.07, 6.45) is 5.04. The normalized spacial score (nSPS) is 32.1. The van der Waals surface area contributed by atoms with Crippen LogP contribution in [0.25, 0.3) is 0 Å². The van der Waals surface area contributed by atoms with Crippen LogP contribution in [-0.2, 0) is 10.1 Å². The van der Waals surface area contributed by atoms with E-state index >= 15 is 0 Å². The lowest BCUT2D eigenvalue weighted by molar-refractivity contribution is 0.0832. The van der Waals surface area contributed by atoms with Crippen LogP contribution in [0.1, 0.15) is 25.1 Å². The summed E-state index contributed by atoms with van der Waals surface area (Å²) in [6, 6.07) is 0.470. The summed E-state index contributed by atoms with van der Waals surface area (Å²) in [5, 5.41) is 0.816. The van der Waals surface area contributed by atoms with Crippen molar-refractivity contribution < 1.29 is 4.74 Å². The van der Waals surface area contributed by atoms with Crippen molar-refractivity contribution in [3.8, 4) is 0 Å². The highest BCUT2D eigenvalue weighted by atomic mass is 79.9. The molecular weight excluding hydrogens is 232 g/mol. The molecule has 72 valence electrons. The molecule has 2 rings (SSSR count). The van der Waals surface area contributed by atoms with Gasteiger partial charge in [-0.15, -0.1) is 0 Å². The van der Waals surface area contributed by atoms with Gasteiger partial charge < -0.3 is 9.30 Å². The van der Waals surface area contributed by atoms with Gasteiger partial charge in [0.1, 0.15) is 0 Å². The minimum absolute atomic E-state index is 0.0320. The standard InChI is InChI=1S/C9H13BrN2O/c1-9(13-2)3-8(9)12-5-7(4-10)11-6-12/h5-6,8H,3-4H2,1-2H3/t8-,9+/m1/s1. The Bertz CT molecular complexity index is 312. The zero-order valence-corrected chi connectivity index (χ0v) is 9.41. The molecule has 0 radical (unpaired) electrons. The third-order valence-corrected chi connectivity index (χ3v) is 3.34. The lowest BCUT2D eigenvalue weighted by Crippen LogP contribution is -2.10. The maximum atomic E-state index is 5.40. The Hall–Kier alpha value is -0.350. The molecule has 0 spiro atoms. The first-order chi connectivity index (χ1) is 6.19. The number of aromatic nitrogens is 2. The lowest BCUT2D eigenvalue weighted by Gasteiger charge is -2.08. The van der Waals surface area contributed by atoms with Gasteiger partial charge in [-0.1, -0.05) is 15.9 Å². The van der Waals surface area contributed by atoms with Crippen LogP contribution in [0.15, 0.2) is 12.5 Å². The van der Waals surface area contributed by atoms with Gasteiger partial charge >= 0.3 is 0 Å². The van der Waals surface area contributed by atoms with E-state index in [1.54, 1.807) is 7.11 Å². The van der Waals surface area contributed by atoms with Crippen molar-refractivity contribution >= 4 is 15.9 Å². The molecule has 1 aromatic rings. The molecule has 1 saturated carbocycles. The smallest absolute Gasteiger partial charge is 0.0953 e. The molecule has 0 aliphatic heterocycles. The molecule has 1 heterocycles. The van der Waals surface area contributed by atoms with Gasteiger partial charge in [-0.25, -0.2) is 4.98 Å². The van der Waals surface area contributed by atoms with Gasteiger partial charge in [-0.05, 0) is 6.92 Å². The molecule has 13 heavy (non-hydrogen) atoms. The number of rotatable bonds is 3. The third kappa shape index (κ3) is 1.53. The maximum Gasteiger partial charge on any atom is 0.0953 e. The number of alkyl halides is 1. The summed E-state index contributed by atoms with van der Waals surface area (Å²) >= 11 is 3.38. The molecule has 1 aromatic heterocycles. The summed E-state index contributed by atoms with van der Waals surface area (Å²) in [5.41, 5.74) is 1.11. The highest BCUT2D eigenvalue weighted by Crippen LogP contribution is 2.49. The molecule has 0 unspecified atom stereocenters. The largest absolute Gasteiger partial charge is 0.376 e. The predicted octanol–water partition coefficient (Wildman–Crippen LogP) is 2.13. The molecule has 0 bridgehead atoms. The number of hydrogen-bond donors (Lipinski definition) is 0. The van der Waals surface area contributed by atoms with Crippen molar-refractivity contribution in [2.24, 2.45) is 0 Å². The van der Waals surface area contributed by atoms with Crippen LogP contribution in [0.3, 0.4) is 0 Å². The lowest BCUT2D eigenvalue weighted by atomic mass is 10.4. The van der Waals surface area contributed by atoms with Crippen molar-refractivity contribution in [2.45, 2.75) is 30.3 Å². The van der Waals surface area contributed by atoms with Gasteiger partial charge in [0.15, 0.2) is 0 Å². The van der Waals surface area contributed by atoms with Gasteiger partial charge in [0.2, 0.25) is 0 Å². The first kappa shape index (κ1) is 9.21. The summed E-state index contributed by atoms with van der Waals surface area (Å²) in [7, 11) is 1.77. The Labute approximate surface area is 86.2 Å². The van der Waals surface area contributed by atoms with Gasteiger partial charge in [0, 0.05) is 25.1 Å². The van der Waals surface area contributed by atoms with Crippen LogP contribution < -0.4 is 0 Å². The quantitative estimate of drug-likeness (QED) is 0.763. The molecule has 4 heteroatoms. The monoisotopic (exact) mass is 244 g/mol. The fraction of sp³-hybridized carbons (Fsp3) is 0.667. The Kier molecular flexibility index (Phi) is 2.20. The van der Waals surface area contributed by atoms with Crippen LogP contribution >= 0.6 is 15.9 Å². The van der Waals surface area contributed by atoms with E-state index in [4.69, 9.17) is 4.74 Å². The Balaban J connectivity index is 2.11. The zero-order valence-electron chi connectivity index (χ0n) is 7.83. The first-order valence-electron chi connectivity index (χ1n) is 4.33. The fourth-order valence-electron chi connectivity index (χ4n) is 1.58. The highest BCUT2D eigenvalue weighted by molar-refractivity contribution is 9.08. The van der Waals surface area contributed by atoms with Gasteiger partial charge in [-0.2, -0.15) is 0 Å². The van der Waals surface area contributed by atoms with E-state index in [1.165, 1.54) is 0 Å². The van der Waals surface area contributed by atoms with E-state index in [1.807, 2.05) is 6.33 Å². The predicted molar refractivity (Wildman–Crippen MR) is 53.9 cm³/mol. The van der Waals surface area contributed by atoms with Crippen molar-refractivity contribution in [3.05, 3.63) is 18.2 Å². The average molecular weight is 245 g/mol. The molecule has 0 aromatic carbocycles. The van der Waals surface area contributed by atoms with Crippen LogP contribution in [0.2, 0.25) is 0 Å². The number of methoxy groups -OCH3 is 1. The second kappa shape index (κ2) is 3.10. The van der Waals surface area contributed by atoms with E-state index < -0.39 is 0 Å². The van der Waals surface area contributed by atoms with Crippen molar-refractivity contribution in [1.29, 1.82) is 0 Å². The molecule has 1 aliphatic carbocycles. The van der Waals surface area contributed by atoms with Crippen LogP contribution in [0.4, 0.5) is 0 Å². The number of imidazole rings is 1.